The van der Waals surface area contributed by atoms with Crippen LogP contribution in [0.5, 0.6) is 0 Å². The minimum atomic E-state index is 0.643. The summed E-state index contributed by atoms with van der Waals surface area (Å²) in [5, 5.41) is 3.45. The highest BCUT2D eigenvalue weighted by atomic mass is 14.9. The summed E-state index contributed by atoms with van der Waals surface area (Å²) in [5.74, 6) is 1.34. The summed E-state index contributed by atoms with van der Waals surface area (Å²) in [6, 6.07) is 5.78. The number of aromatic nitrogens is 3. The van der Waals surface area contributed by atoms with Crippen molar-refractivity contribution in [3.63, 3.8) is 0 Å². The Balaban J connectivity index is 2.21. The van der Waals surface area contributed by atoms with Crippen LogP contribution in [0.4, 0.5) is 0 Å². The van der Waals surface area contributed by atoms with Crippen molar-refractivity contribution in [3.8, 4) is 11.5 Å². The van der Waals surface area contributed by atoms with Gasteiger partial charge in [0.1, 0.15) is 5.69 Å². The standard InChI is InChI=1S/C16H22N4/c1-11(2)9-17-10-14-12(3)19-16(20-13(14)4)15-7-5-6-8-18-15/h5-8,11,17H,9-10H2,1-4H3. The van der Waals surface area contributed by atoms with Crippen LogP contribution in [-0.2, 0) is 6.54 Å². The molecule has 2 heterocycles. The first kappa shape index (κ1) is 14.6. The van der Waals surface area contributed by atoms with Gasteiger partial charge < -0.3 is 5.32 Å². The molecule has 0 radical (unpaired) electrons. The molecule has 4 nitrogen and oxygen atoms in total. The summed E-state index contributed by atoms with van der Waals surface area (Å²) < 4.78 is 0. The third-order valence-corrected chi connectivity index (χ3v) is 3.17. The molecule has 0 fully saturated rings. The van der Waals surface area contributed by atoms with Gasteiger partial charge >= 0.3 is 0 Å². The maximum absolute atomic E-state index is 4.59. The van der Waals surface area contributed by atoms with Crippen molar-refractivity contribution in [3.05, 3.63) is 41.3 Å². The second kappa shape index (κ2) is 6.57. The van der Waals surface area contributed by atoms with Crippen LogP contribution in [-0.4, -0.2) is 21.5 Å². The molecule has 106 valence electrons. The highest BCUT2D eigenvalue weighted by Crippen LogP contribution is 2.16. The Kier molecular flexibility index (Phi) is 4.79. The number of aryl methyl sites for hydroxylation is 2. The van der Waals surface area contributed by atoms with Crippen molar-refractivity contribution in [2.24, 2.45) is 5.92 Å². The van der Waals surface area contributed by atoms with Crippen LogP contribution in [0, 0.1) is 19.8 Å². The molecule has 0 aliphatic heterocycles. The van der Waals surface area contributed by atoms with Crippen LogP contribution in [0.1, 0.15) is 30.8 Å². The van der Waals surface area contributed by atoms with Gasteiger partial charge in [0.05, 0.1) is 0 Å². The van der Waals surface area contributed by atoms with Crippen molar-refractivity contribution in [2.75, 3.05) is 6.54 Å². The van der Waals surface area contributed by atoms with Gasteiger partial charge in [-0.15, -0.1) is 0 Å². The van der Waals surface area contributed by atoms with Crippen LogP contribution in [0.15, 0.2) is 24.4 Å². The zero-order valence-corrected chi connectivity index (χ0v) is 12.6. The van der Waals surface area contributed by atoms with Gasteiger partial charge in [0.25, 0.3) is 0 Å². The fourth-order valence-corrected chi connectivity index (χ4v) is 2.09. The highest BCUT2D eigenvalue weighted by molar-refractivity contribution is 5.49. The Hall–Kier alpha value is -1.81. The fraction of sp³-hybridized carbons (Fsp3) is 0.438. The van der Waals surface area contributed by atoms with Gasteiger partial charge in [-0.05, 0) is 38.4 Å². The first-order chi connectivity index (χ1) is 9.58. The summed E-state index contributed by atoms with van der Waals surface area (Å²) in [4.78, 5) is 13.5. The quantitative estimate of drug-likeness (QED) is 0.907. The zero-order chi connectivity index (χ0) is 14.5. The minimum Gasteiger partial charge on any atom is -0.312 e. The van der Waals surface area contributed by atoms with Crippen LogP contribution in [0.25, 0.3) is 11.5 Å². The van der Waals surface area contributed by atoms with Gasteiger partial charge in [0.2, 0.25) is 0 Å². The molecule has 2 aromatic rings. The molecule has 0 spiro atoms. The molecule has 0 aliphatic carbocycles. The average Bonchev–Trinajstić information content (AvgIpc) is 2.42. The number of hydrogen-bond acceptors (Lipinski definition) is 4. The van der Waals surface area contributed by atoms with Crippen LogP contribution >= 0.6 is 0 Å². The largest absolute Gasteiger partial charge is 0.312 e. The summed E-state index contributed by atoms with van der Waals surface area (Å²) in [7, 11) is 0. The smallest absolute Gasteiger partial charge is 0.178 e. The van der Waals surface area contributed by atoms with Gasteiger partial charge in [-0.3, -0.25) is 4.98 Å². The molecule has 2 rings (SSSR count). The molecule has 1 N–H and O–H groups in total. The molecular formula is C16H22N4. The van der Waals surface area contributed by atoms with Crippen molar-refractivity contribution in [1.29, 1.82) is 0 Å². The lowest BCUT2D eigenvalue weighted by atomic mass is 10.1. The molecule has 0 amide bonds. The maximum Gasteiger partial charge on any atom is 0.178 e. The van der Waals surface area contributed by atoms with Crippen molar-refractivity contribution in [2.45, 2.75) is 34.2 Å². The van der Waals surface area contributed by atoms with E-state index in [1.165, 1.54) is 5.56 Å². The van der Waals surface area contributed by atoms with Crippen LogP contribution in [0.3, 0.4) is 0 Å². The van der Waals surface area contributed by atoms with Crippen LogP contribution < -0.4 is 5.32 Å². The predicted molar refractivity (Wildman–Crippen MR) is 81.3 cm³/mol. The third kappa shape index (κ3) is 3.61. The second-order valence-corrected chi connectivity index (χ2v) is 5.44. The molecule has 2 aromatic heterocycles. The first-order valence-electron chi connectivity index (χ1n) is 7.04. The normalized spacial score (nSPS) is 11.1. The second-order valence-electron chi connectivity index (χ2n) is 5.44. The van der Waals surface area contributed by atoms with E-state index in [1.54, 1.807) is 6.20 Å². The molecule has 0 saturated heterocycles. The van der Waals surface area contributed by atoms with E-state index in [0.29, 0.717) is 11.7 Å². The van der Waals surface area contributed by atoms with E-state index in [-0.39, 0.29) is 0 Å². The summed E-state index contributed by atoms with van der Waals surface area (Å²) in [6.07, 6.45) is 1.77. The summed E-state index contributed by atoms with van der Waals surface area (Å²) >= 11 is 0. The van der Waals surface area contributed by atoms with Crippen molar-refractivity contribution in [1.82, 2.24) is 20.3 Å². The lowest BCUT2D eigenvalue weighted by molar-refractivity contribution is 0.549. The number of pyridine rings is 1. The van der Waals surface area contributed by atoms with E-state index < -0.39 is 0 Å². The molecule has 0 unspecified atom stereocenters. The Labute approximate surface area is 120 Å². The van der Waals surface area contributed by atoms with Gasteiger partial charge in [0.15, 0.2) is 5.82 Å². The molecule has 0 atom stereocenters. The lowest BCUT2D eigenvalue weighted by Crippen LogP contribution is -2.21. The van der Waals surface area contributed by atoms with E-state index >= 15 is 0 Å². The minimum absolute atomic E-state index is 0.643. The lowest BCUT2D eigenvalue weighted by Gasteiger charge is -2.12. The van der Waals surface area contributed by atoms with E-state index in [4.69, 9.17) is 0 Å². The Morgan fingerprint density at radius 2 is 1.80 bits per heavy atom. The average molecular weight is 270 g/mol. The molecule has 0 saturated carbocycles. The Morgan fingerprint density at radius 3 is 2.35 bits per heavy atom. The predicted octanol–water partition coefficient (Wildman–Crippen LogP) is 2.90. The topological polar surface area (TPSA) is 50.7 Å². The van der Waals surface area contributed by atoms with Crippen molar-refractivity contribution >= 4 is 0 Å². The van der Waals surface area contributed by atoms with Gasteiger partial charge in [0, 0.05) is 29.7 Å². The number of nitrogens with one attached hydrogen (secondary N) is 1. The summed E-state index contributed by atoms with van der Waals surface area (Å²) in [5.41, 5.74) is 4.05. The number of nitrogens with zero attached hydrogens (tertiary/aromatic N) is 3. The van der Waals surface area contributed by atoms with Crippen LogP contribution in [0.2, 0.25) is 0 Å². The van der Waals surface area contributed by atoms with E-state index in [2.05, 4.69) is 34.1 Å². The molecule has 0 aromatic carbocycles. The molecule has 0 bridgehead atoms. The number of hydrogen-bond donors (Lipinski definition) is 1. The third-order valence-electron chi connectivity index (χ3n) is 3.17. The Morgan fingerprint density at radius 1 is 1.10 bits per heavy atom. The van der Waals surface area contributed by atoms with E-state index in [1.807, 2.05) is 32.0 Å². The Bertz CT molecular complexity index is 541. The zero-order valence-electron chi connectivity index (χ0n) is 12.6. The maximum atomic E-state index is 4.59. The fourth-order valence-electron chi connectivity index (χ4n) is 2.09. The molecule has 0 aliphatic rings. The molecule has 20 heavy (non-hydrogen) atoms. The summed E-state index contributed by atoms with van der Waals surface area (Å²) in [6.45, 7) is 10.3. The molecule has 4 heteroatoms. The molecular weight excluding hydrogens is 248 g/mol. The number of rotatable bonds is 5. The van der Waals surface area contributed by atoms with Gasteiger partial charge in [-0.1, -0.05) is 19.9 Å². The highest BCUT2D eigenvalue weighted by Gasteiger charge is 2.10. The first-order valence-corrected chi connectivity index (χ1v) is 7.04. The van der Waals surface area contributed by atoms with Crippen molar-refractivity contribution < 1.29 is 0 Å². The monoisotopic (exact) mass is 270 g/mol. The van der Waals surface area contributed by atoms with E-state index in [0.717, 1.165) is 30.2 Å². The SMILES string of the molecule is Cc1nc(-c2ccccn2)nc(C)c1CNCC(C)C. The van der Waals surface area contributed by atoms with Gasteiger partial charge in [-0.2, -0.15) is 0 Å². The van der Waals surface area contributed by atoms with Gasteiger partial charge in [-0.25, -0.2) is 9.97 Å². The van der Waals surface area contributed by atoms with E-state index in [9.17, 15) is 0 Å².